The van der Waals surface area contributed by atoms with Crippen LogP contribution in [0.4, 0.5) is 0 Å². The molecule has 1 N–H and O–H groups in total. The third kappa shape index (κ3) is 1.64. The van der Waals surface area contributed by atoms with Crippen LogP contribution in [-0.2, 0) is 5.41 Å². The molecule has 0 bridgehead atoms. The highest BCUT2D eigenvalue weighted by Crippen LogP contribution is 2.43. The van der Waals surface area contributed by atoms with E-state index in [1.54, 1.807) is 0 Å². The van der Waals surface area contributed by atoms with E-state index in [1.165, 1.54) is 11.1 Å². The summed E-state index contributed by atoms with van der Waals surface area (Å²) in [6.45, 7) is 4.08. The Balaban J connectivity index is 2.41. The fourth-order valence-electron chi connectivity index (χ4n) is 2.39. The van der Waals surface area contributed by atoms with Gasteiger partial charge >= 0.3 is 0 Å². The van der Waals surface area contributed by atoms with E-state index in [-0.39, 0.29) is 6.10 Å². The summed E-state index contributed by atoms with van der Waals surface area (Å²) in [5.74, 6) is 0. The van der Waals surface area contributed by atoms with Crippen LogP contribution in [0, 0.1) is 25.2 Å². The number of aryl methyl sites for hydroxylation is 2. The van der Waals surface area contributed by atoms with Crippen molar-refractivity contribution in [2.45, 2.75) is 38.2 Å². The van der Waals surface area contributed by atoms with Gasteiger partial charge in [0.05, 0.1) is 17.6 Å². The van der Waals surface area contributed by atoms with Crippen molar-refractivity contribution in [3.05, 3.63) is 34.9 Å². The average Bonchev–Trinajstić information content (AvgIpc) is 2.10. The summed E-state index contributed by atoms with van der Waals surface area (Å²) >= 11 is 0. The van der Waals surface area contributed by atoms with Crippen molar-refractivity contribution in [1.29, 1.82) is 5.26 Å². The lowest BCUT2D eigenvalue weighted by Gasteiger charge is -2.40. The van der Waals surface area contributed by atoms with Crippen LogP contribution in [-0.4, -0.2) is 11.2 Å². The topological polar surface area (TPSA) is 44.0 Å². The van der Waals surface area contributed by atoms with Gasteiger partial charge in [0, 0.05) is 0 Å². The van der Waals surface area contributed by atoms with E-state index in [0.29, 0.717) is 12.8 Å². The number of aliphatic hydroxyl groups is 1. The fraction of sp³-hybridized carbons (Fsp3) is 0.462. The van der Waals surface area contributed by atoms with Gasteiger partial charge in [0.25, 0.3) is 0 Å². The van der Waals surface area contributed by atoms with Crippen molar-refractivity contribution in [2.24, 2.45) is 0 Å². The van der Waals surface area contributed by atoms with Crippen molar-refractivity contribution in [3.8, 4) is 6.07 Å². The van der Waals surface area contributed by atoms with Crippen LogP contribution in [0.5, 0.6) is 0 Å². The molecule has 2 heteroatoms. The van der Waals surface area contributed by atoms with E-state index in [9.17, 15) is 10.4 Å². The van der Waals surface area contributed by atoms with Gasteiger partial charge in [0.2, 0.25) is 0 Å². The molecule has 0 spiro atoms. The predicted octanol–water partition coefficient (Wildman–Crippen LogP) is 2.22. The van der Waals surface area contributed by atoms with Gasteiger partial charge in [0.15, 0.2) is 0 Å². The van der Waals surface area contributed by atoms with E-state index in [2.05, 4.69) is 24.3 Å². The highest BCUT2D eigenvalue weighted by molar-refractivity contribution is 5.41. The Morgan fingerprint density at radius 1 is 1.27 bits per heavy atom. The van der Waals surface area contributed by atoms with Gasteiger partial charge in [-0.25, -0.2) is 0 Å². The number of hydrogen-bond acceptors (Lipinski definition) is 2. The maximum atomic E-state index is 9.36. The van der Waals surface area contributed by atoms with Crippen LogP contribution >= 0.6 is 0 Å². The number of hydrogen-bond donors (Lipinski definition) is 1. The molecule has 0 aliphatic heterocycles. The molecule has 0 saturated heterocycles. The minimum atomic E-state index is -0.434. The smallest absolute Gasteiger partial charge is 0.0871 e. The van der Waals surface area contributed by atoms with Crippen LogP contribution < -0.4 is 0 Å². The van der Waals surface area contributed by atoms with Gasteiger partial charge in [-0.15, -0.1) is 0 Å². The van der Waals surface area contributed by atoms with E-state index in [1.807, 2.05) is 13.8 Å². The maximum absolute atomic E-state index is 9.36. The summed E-state index contributed by atoms with van der Waals surface area (Å²) in [4.78, 5) is 0. The molecule has 1 aromatic carbocycles. The molecule has 0 unspecified atom stereocenters. The first-order valence-electron chi connectivity index (χ1n) is 5.24. The summed E-state index contributed by atoms with van der Waals surface area (Å²) < 4.78 is 0. The minimum Gasteiger partial charge on any atom is -0.393 e. The molecule has 1 fully saturated rings. The Morgan fingerprint density at radius 3 is 2.20 bits per heavy atom. The zero-order valence-corrected chi connectivity index (χ0v) is 9.12. The van der Waals surface area contributed by atoms with Gasteiger partial charge in [-0.1, -0.05) is 29.3 Å². The van der Waals surface area contributed by atoms with Crippen LogP contribution in [0.3, 0.4) is 0 Å². The number of rotatable bonds is 1. The van der Waals surface area contributed by atoms with Crippen LogP contribution in [0.1, 0.15) is 29.5 Å². The second-order valence-electron chi connectivity index (χ2n) is 4.63. The summed E-state index contributed by atoms with van der Waals surface area (Å²) in [5.41, 5.74) is 2.99. The Bertz CT molecular complexity index is 404. The van der Waals surface area contributed by atoms with Gasteiger partial charge in [-0.05, 0) is 32.3 Å². The molecule has 15 heavy (non-hydrogen) atoms. The molecule has 0 atom stereocenters. The summed E-state index contributed by atoms with van der Waals surface area (Å²) in [5, 5.41) is 18.6. The quantitative estimate of drug-likeness (QED) is 0.757. The average molecular weight is 201 g/mol. The first kappa shape index (κ1) is 10.2. The molecule has 0 amide bonds. The molecule has 0 radical (unpaired) electrons. The molecular formula is C13H15NO. The summed E-state index contributed by atoms with van der Waals surface area (Å²) in [6.07, 6.45) is 0.851. The van der Waals surface area contributed by atoms with E-state index >= 15 is 0 Å². The Hall–Kier alpha value is -1.33. The fourth-order valence-corrected chi connectivity index (χ4v) is 2.39. The van der Waals surface area contributed by atoms with E-state index < -0.39 is 5.41 Å². The first-order chi connectivity index (χ1) is 7.05. The van der Waals surface area contributed by atoms with Crippen molar-refractivity contribution in [1.82, 2.24) is 0 Å². The molecule has 1 aliphatic rings. The number of nitrogens with zero attached hydrogens (tertiary/aromatic N) is 1. The molecule has 1 saturated carbocycles. The highest BCUT2D eigenvalue weighted by atomic mass is 16.3. The zero-order valence-electron chi connectivity index (χ0n) is 9.12. The van der Waals surface area contributed by atoms with Crippen LogP contribution in [0.2, 0.25) is 0 Å². The first-order valence-corrected chi connectivity index (χ1v) is 5.24. The molecule has 1 aliphatic carbocycles. The molecular weight excluding hydrogens is 186 g/mol. The monoisotopic (exact) mass is 201 g/mol. The molecule has 78 valence electrons. The van der Waals surface area contributed by atoms with Crippen LogP contribution in [0.25, 0.3) is 0 Å². The van der Waals surface area contributed by atoms with Crippen molar-refractivity contribution < 1.29 is 5.11 Å². The normalized spacial score (nSPS) is 29.3. The Labute approximate surface area is 90.2 Å². The van der Waals surface area contributed by atoms with Crippen molar-refractivity contribution in [2.75, 3.05) is 0 Å². The Kier molecular flexibility index (Phi) is 2.28. The van der Waals surface area contributed by atoms with Crippen molar-refractivity contribution in [3.63, 3.8) is 0 Å². The SMILES string of the molecule is Cc1cc(C)cc(C2(C#N)CC(O)C2)c1. The Morgan fingerprint density at radius 2 is 1.80 bits per heavy atom. The lowest BCUT2D eigenvalue weighted by atomic mass is 9.63. The van der Waals surface area contributed by atoms with Crippen molar-refractivity contribution >= 4 is 0 Å². The molecule has 2 rings (SSSR count). The largest absolute Gasteiger partial charge is 0.393 e. The zero-order chi connectivity index (χ0) is 11.1. The second kappa shape index (κ2) is 3.36. The number of nitriles is 1. The predicted molar refractivity (Wildman–Crippen MR) is 58.4 cm³/mol. The molecule has 0 aromatic heterocycles. The maximum Gasteiger partial charge on any atom is 0.0871 e. The van der Waals surface area contributed by atoms with Gasteiger partial charge in [-0.2, -0.15) is 5.26 Å². The highest BCUT2D eigenvalue weighted by Gasteiger charge is 2.45. The molecule has 2 nitrogen and oxygen atoms in total. The standard InChI is InChI=1S/C13H15NO/c1-9-3-10(2)5-11(4-9)13(8-14)6-12(15)7-13/h3-5,12,15H,6-7H2,1-2H3. The second-order valence-corrected chi connectivity index (χ2v) is 4.63. The summed E-state index contributed by atoms with van der Waals surface area (Å²) in [7, 11) is 0. The van der Waals surface area contributed by atoms with Gasteiger partial charge in [0.1, 0.15) is 0 Å². The van der Waals surface area contributed by atoms with Gasteiger partial charge < -0.3 is 5.11 Å². The molecule has 1 aromatic rings. The number of benzene rings is 1. The molecule has 0 heterocycles. The lowest BCUT2D eigenvalue weighted by Crippen LogP contribution is -2.43. The lowest BCUT2D eigenvalue weighted by molar-refractivity contribution is 0.0447. The van der Waals surface area contributed by atoms with E-state index in [0.717, 1.165) is 5.56 Å². The third-order valence-corrected chi connectivity index (χ3v) is 3.16. The number of aliphatic hydroxyl groups excluding tert-OH is 1. The summed E-state index contributed by atoms with van der Waals surface area (Å²) in [6, 6.07) is 8.57. The van der Waals surface area contributed by atoms with E-state index in [4.69, 9.17) is 0 Å². The van der Waals surface area contributed by atoms with Gasteiger partial charge in [-0.3, -0.25) is 0 Å². The van der Waals surface area contributed by atoms with Crippen LogP contribution in [0.15, 0.2) is 18.2 Å². The minimum absolute atomic E-state index is 0.300. The third-order valence-electron chi connectivity index (χ3n) is 3.16.